The highest BCUT2D eigenvalue weighted by atomic mass is 16.5. The van der Waals surface area contributed by atoms with Crippen LogP contribution in [0, 0.1) is 12.3 Å². The van der Waals surface area contributed by atoms with Crippen molar-refractivity contribution < 1.29 is 14.3 Å². The molecule has 126 valence electrons. The van der Waals surface area contributed by atoms with Crippen molar-refractivity contribution in [3.63, 3.8) is 0 Å². The molecule has 0 N–H and O–H groups in total. The lowest BCUT2D eigenvalue weighted by molar-refractivity contribution is -0.132. The molecule has 0 aromatic rings. The second kappa shape index (κ2) is 11.5. The highest BCUT2D eigenvalue weighted by Crippen LogP contribution is 2.17. The van der Waals surface area contributed by atoms with Gasteiger partial charge in [0.1, 0.15) is 0 Å². The third-order valence-corrected chi connectivity index (χ3v) is 4.21. The summed E-state index contributed by atoms with van der Waals surface area (Å²) >= 11 is 0. The van der Waals surface area contributed by atoms with Crippen LogP contribution in [0.5, 0.6) is 0 Å². The molecule has 0 spiro atoms. The minimum absolute atomic E-state index is 0.244. The summed E-state index contributed by atoms with van der Waals surface area (Å²) in [4.78, 5) is 16.5. The first-order valence-corrected chi connectivity index (χ1v) is 8.16. The number of carbonyl (C=O) groups is 1. The molecule has 0 unspecified atom stereocenters. The first kappa shape index (κ1) is 19.0. The quantitative estimate of drug-likeness (QED) is 0.451. The van der Waals surface area contributed by atoms with Gasteiger partial charge < -0.3 is 14.4 Å². The Morgan fingerprint density at radius 3 is 2.32 bits per heavy atom. The first-order valence-electron chi connectivity index (χ1n) is 8.16. The molecule has 0 aromatic carbocycles. The van der Waals surface area contributed by atoms with Crippen LogP contribution in [0.2, 0.25) is 0 Å². The minimum atomic E-state index is 0.244. The lowest BCUT2D eigenvalue weighted by Crippen LogP contribution is -2.48. The second-order valence-electron chi connectivity index (χ2n) is 5.69. The summed E-state index contributed by atoms with van der Waals surface area (Å²) in [5, 5.41) is 0. The molecule has 1 amide bonds. The molecule has 0 bridgehead atoms. The summed E-state index contributed by atoms with van der Waals surface area (Å²) in [6, 6.07) is 0.514. The smallest absolute Gasteiger partial charge is 0.222 e. The standard InChI is InChI=1S/C17H30N2O3/c1-4-5-6-7-17(20)19-10-8-16(9-11-19)18(12-14-21-2)13-15-22-3/h1,16H,5-15H2,2-3H3. The molecule has 1 fully saturated rings. The van der Waals surface area contributed by atoms with Crippen LogP contribution in [-0.4, -0.2) is 75.4 Å². The van der Waals surface area contributed by atoms with Crippen LogP contribution in [0.4, 0.5) is 0 Å². The topological polar surface area (TPSA) is 42.0 Å². The van der Waals surface area contributed by atoms with E-state index in [2.05, 4.69) is 10.8 Å². The molecule has 0 radical (unpaired) electrons. The molecule has 0 atom stereocenters. The maximum atomic E-state index is 12.1. The summed E-state index contributed by atoms with van der Waals surface area (Å²) in [6.07, 6.45) is 9.32. The molecular formula is C17H30N2O3. The van der Waals surface area contributed by atoms with Gasteiger partial charge in [-0.2, -0.15) is 0 Å². The molecule has 1 aliphatic rings. The van der Waals surface area contributed by atoms with Crippen LogP contribution >= 0.6 is 0 Å². The van der Waals surface area contributed by atoms with E-state index >= 15 is 0 Å². The van der Waals surface area contributed by atoms with Crippen LogP contribution < -0.4 is 0 Å². The van der Waals surface area contributed by atoms with Crippen LogP contribution in [0.15, 0.2) is 0 Å². The number of hydrogen-bond acceptors (Lipinski definition) is 4. The van der Waals surface area contributed by atoms with Crippen LogP contribution in [0.25, 0.3) is 0 Å². The number of methoxy groups -OCH3 is 2. The average Bonchev–Trinajstić information content (AvgIpc) is 2.55. The Kier molecular flexibility index (Phi) is 9.89. The molecule has 1 rings (SSSR count). The Hall–Kier alpha value is -1.09. The van der Waals surface area contributed by atoms with E-state index in [9.17, 15) is 4.79 Å². The lowest BCUT2D eigenvalue weighted by atomic mass is 10.0. The van der Waals surface area contributed by atoms with E-state index < -0.39 is 0 Å². The number of ether oxygens (including phenoxy) is 2. The number of hydrogen-bond donors (Lipinski definition) is 0. The predicted octanol–water partition coefficient (Wildman–Crippen LogP) is 1.38. The number of rotatable bonds is 10. The van der Waals surface area contributed by atoms with E-state index in [1.807, 2.05) is 4.90 Å². The molecule has 5 heteroatoms. The lowest BCUT2D eigenvalue weighted by Gasteiger charge is -2.38. The van der Waals surface area contributed by atoms with E-state index in [4.69, 9.17) is 15.9 Å². The summed E-state index contributed by atoms with van der Waals surface area (Å²) in [6.45, 7) is 4.98. The molecular weight excluding hydrogens is 280 g/mol. The molecule has 5 nitrogen and oxygen atoms in total. The van der Waals surface area contributed by atoms with Gasteiger partial charge in [-0.25, -0.2) is 0 Å². The molecule has 0 aliphatic carbocycles. The van der Waals surface area contributed by atoms with E-state index in [0.29, 0.717) is 18.9 Å². The van der Waals surface area contributed by atoms with Crippen LogP contribution in [-0.2, 0) is 14.3 Å². The van der Waals surface area contributed by atoms with E-state index in [1.165, 1.54) is 0 Å². The van der Waals surface area contributed by atoms with E-state index in [1.54, 1.807) is 14.2 Å². The number of unbranched alkanes of at least 4 members (excludes halogenated alkanes) is 1. The molecule has 1 heterocycles. The van der Waals surface area contributed by atoms with Crippen molar-refractivity contribution in [2.75, 3.05) is 53.6 Å². The van der Waals surface area contributed by atoms with Crippen LogP contribution in [0.1, 0.15) is 32.1 Å². The summed E-state index contributed by atoms with van der Waals surface area (Å²) < 4.78 is 10.4. The van der Waals surface area contributed by atoms with Gasteiger partial charge in [-0.15, -0.1) is 12.3 Å². The van der Waals surface area contributed by atoms with E-state index in [-0.39, 0.29) is 5.91 Å². The fraction of sp³-hybridized carbons (Fsp3) is 0.824. The van der Waals surface area contributed by atoms with Gasteiger partial charge in [0, 0.05) is 59.3 Å². The Labute approximate surface area is 134 Å². The summed E-state index contributed by atoms with van der Waals surface area (Å²) in [5.41, 5.74) is 0. The zero-order valence-electron chi connectivity index (χ0n) is 14.1. The number of piperidine rings is 1. The first-order chi connectivity index (χ1) is 10.7. The predicted molar refractivity (Wildman–Crippen MR) is 87.6 cm³/mol. The molecule has 1 saturated heterocycles. The zero-order valence-corrected chi connectivity index (χ0v) is 14.1. The zero-order chi connectivity index (χ0) is 16.2. The van der Waals surface area contributed by atoms with Crippen molar-refractivity contribution in [2.45, 2.75) is 38.1 Å². The Morgan fingerprint density at radius 1 is 1.23 bits per heavy atom. The fourth-order valence-corrected chi connectivity index (χ4v) is 2.87. The number of amides is 1. The van der Waals surface area contributed by atoms with Crippen molar-refractivity contribution in [1.29, 1.82) is 0 Å². The van der Waals surface area contributed by atoms with Gasteiger partial charge in [-0.05, 0) is 19.3 Å². The highest BCUT2D eigenvalue weighted by Gasteiger charge is 2.26. The number of terminal acetylenes is 1. The maximum Gasteiger partial charge on any atom is 0.222 e. The number of likely N-dealkylation sites (tertiary alicyclic amines) is 1. The maximum absolute atomic E-state index is 12.1. The monoisotopic (exact) mass is 310 g/mol. The van der Waals surface area contributed by atoms with Gasteiger partial charge in [0.2, 0.25) is 5.91 Å². The molecule has 1 aliphatic heterocycles. The summed E-state index contributed by atoms with van der Waals surface area (Å²) in [7, 11) is 3.46. The minimum Gasteiger partial charge on any atom is -0.383 e. The second-order valence-corrected chi connectivity index (χ2v) is 5.69. The van der Waals surface area contributed by atoms with Crippen LogP contribution in [0.3, 0.4) is 0 Å². The van der Waals surface area contributed by atoms with Gasteiger partial charge in [0.15, 0.2) is 0 Å². The molecule has 0 saturated carbocycles. The van der Waals surface area contributed by atoms with Gasteiger partial charge >= 0.3 is 0 Å². The van der Waals surface area contributed by atoms with Crippen molar-refractivity contribution in [3.8, 4) is 12.3 Å². The SMILES string of the molecule is C#CCCCC(=O)N1CCC(N(CCOC)CCOC)CC1. The Balaban J connectivity index is 2.37. The van der Waals surface area contributed by atoms with Crippen molar-refractivity contribution in [3.05, 3.63) is 0 Å². The van der Waals surface area contributed by atoms with Gasteiger partial charge in [-0.3, -0.25) is 9.69 Å². The van der Waals surface area contributed by atoms with Gasteiger partial charge in [-0.1, -0.05) is 0 Å². The third kappa shape index (κ3) is 6.78. The Morgan fingerprint density at radius 2 is 1.82 bits per heavy atom. The number of carbonyl (C=O) groups excluding carboxylic acids is 1. The van der Waals surface area contributed by atoms with Gasteiger partial charge in [0.05, 0.1) is 13.2 Å². The highest BCUT2D eigenvalue weighted by molar-refractivity contribution is 5.76. The molecule has 0 aromatic heterocycles. The van der Waals surface area contributed by atoms with Crippen molar-refractivity contribution in [1.82, 2.24) is 9.80 Å². The van der Waals surface area contributed by atoms with Crippen molar-refractivity contribution >= 4 is 5.91 Å². The number of nitrogens with zero attached hydrogens (tertiary/aromatic N) is 2. The summed E-state index contributed by atoms with van der Waals surface area (Å²) in [5.74, 6) is 2.83. The largest absolute Gasteiger partial charge is 0.383 e. The average molecular weight is 310 g/mol. The van der Waals surface area contributed by atoms with Gasteiger partial charge in [0.25, 0.3) is 0 Å². The third-order valence-electron chi connectivity index (χ3n) is 4.21. The van der Waals surface area contributed by atoms with Crippen molar-refractivity contribution in [2.24, 2.45) is 0 Å². The Bertz CT molecular complexity index is 338. The van der Waals surface area contributed by atoms with E-state index in [0.717, 1.165) is 58.7 Å². The molecule has 22 heavy (non-hydrogen) atoms. The fourth-order valence-electron chi connectivity index (χ4n) is 2.87. The normalized spacial score (nSPS) is 16.0.